The van der Waals surface area contributed by atoms with Gasteiger partial charge in [0, 0.05) is 19.5 Å². The maximum Gasteiger partial charge on any atom is 0.414 e. The summed E-state index contributed by atoms with van der Waals surface area (Å²) in [6, 6.07) is 4.02. The van der Waals surface area contributed by atoms with Crippen LogP contribution < -0.4 is 15.1 Å². The SMILES string of the molecule is CC(=O)CC[C@H]1CN(c2ccc(N3CCON(C(=O)Nc4ncco4)CC3)c(F)c2)C(=O)O1. The highest BCUT2D eigenvalue weighted by atomic mass is 19.1. The van der Waals surface area contributed by atoms with Crippen LogP contribution in [-0.2, 0) is 14.4 Å². The van der Waals surface area contributed by atoms with Crippen molar-refractivity contribution in [3.63, 3.8) is 0 Å². The van der Waals surface area contributed by atoms with Gasteiger partial charge >= 0.3 is 18.1 Å². The molecular formula is C21H24FN5O6. The molecule has 0 unspecified atom stereocenters. The van der Waals surface area contributed by atoms with E-state index in [-0.39, 0.29) is 31.5 Å². The minimum atomic E-state index is -0.563. The predicted octanol–water partition coefficient (Wildman–Crippen LogP) is 2.79. The number of ether oxygens (including phenoxy) is 1. The van der Waals surface area contributed by atoms with Crippen LogP contribution in [0.25, 0.3) is 0 Å². The summed E-state index contributed by atoms with van der Waals surface area (Å²) in [5.41, 5.74) is 0.711. The Morgan fingerprint density at radius 3 is 2.85 bits per heavy atom. The molecule has 0 aliphatic carbocycles. The standard InChI is InChI=1S/C21H24FN5O6/c1-14(28)2-4-16-13-26(21(30)33-16)15-3-5-18(17(22)12-15)25-7-8-27(32-11-9-25)20(29)24-19-23-6-10-31-19/h3,5-6,10,12,16H,2,4,7-9,11,13H2,1H3,(H,23,24,29)/t16-/m0/s1. The molecule has 11 nitrogen and oxygen atoms in total. The van der Waals surface area contributed by atoms with Crippen LogP contribution >= 0.6 is 0 Å². The van der Waals surface area contributed by atoms with Crippen molar-refractivity contribution in [2.75, 3.05) is 47.9 Å². The molecule has 0 saturated carbocycles. The molecule has 0 radical (unpaired) electrons. The number of hydroxylamine groups is 2. The van der Waals surface area contributed by atoms with Crippen LogP contribution in [0.5, 0.6) is 0 Å². The monoisotopic (exact) mass is 461 g/mol. The van der Waals surface area contributed by atoms with E-state index < -0.39 is 24.0 Å². The van der Waals surface area contributed by atoms with E-state index in [9.17, 15) is 18.8 Å². The lowest BCUT2D eigenvalue weighted by molar-refractivity contribution is -0.117. The smallest absolute Gasteiger partial charge is 0.414 e. The average Bonchev–Trinajstić information content (AvgIpc) is 3.35. The second kappa shape index (κ2) is 9.86. The molecule has 2 aliphatic heterocycles. The van der Waals surface area contributed by atoms with Crippen molar-refractivity contribution in [3.8, 4) is 0 Å². The number of carbonyl (C=O) groups is 3. The summed E-state index contributed by atoms with van der Waals surface area (Å²) >= 11 is 0. The Balaban J connectivity index is 1.37. The molecule has 1 atom stereocenters. The lowest BCUT2D eigenvalue weighted by Gasteiger charge is -2.23. The van der Waals surface area contributed by atoms with Crippen molar-refractivity contribution < 1.29 is 32.8 Å². The molecule has 2 saturated heterocycles. The number of oxazole rings is 1. The largest absolute Gasteiger partial charge is 0.444 e. The van der Waals surface area contributed by atoms with Gasteiger partial charge in [0.15, 0.2) is 0 Å². The molecule has 33 heavy (non-hydrogen) atoms. The van der Waals surface area contributed by atoms with Crippen LogP contribution in [0, 0.1) is 5.82 Å². The van der Waals surface area contributed by atoms with Gasteiger partial charge in [0.2, 0.25) is 0 Å². The molecule has 4 rings (SSSR count). The maximum atomic E-state index is 15.0. The average molecular weight is 461 g/mol. The van der Waals surface area contributed by atoms with Crippen LogP contribution in [0.4, 0.5) is 31.4 Å². The number of hydrogen-bond acceptors (Lipinski definition) is 8. The van der Waals surface area contributed by atoms with Crippen LogP contribution in [0.2, 0.25) is 0 Å². The Morgan fingerprint density at radius 1 is 1.27 bits per heavy atom. The maximum absolute atomic E-state index is 15.0. The number of amides is 3. The fourth-order valence-corrected chi connectivity index (χ4v) is 3.66. The molecule has 2 aromatic rings. The predicted molar refractivity (Wildman–Crippen MR) is 114 cm³/mol. The Kier molecular flexibility index (Phi) is 6.73. The van der Waals surface area contributed by atoms with Crippen LogP contribution in [0.3, 0.4) is 0 Å². The molecule has 0 spiro atoms. The van der Waals surface area contributed by atoms with Crippen LogP contribution in [0.1, 0.15) is 19.8 Å². The number of halogens is 1. The zero-order valence-corrected chi connectivity index (χ0v) is 18.0. The lowest BCUT2D eigenvalue weighted by Crippen LogP contribution is -2.37. The number of aromatic nitrogens is 1. The summed E-state index contributed by atoms with van der Waals surface area (Å²) in [5, 5.41) is 3.61. The fourth-order valence-electron chi connectivity index (χ4n) is 3.66. The summed E-state index contributed by atoms with van der Waals surface area (Å²) in [6.45, 7) is 2.78. The van der Waals surface area contributed by atoms with Crippen molar-refractivity contribution in [1.82, 2.24) is 10.0 Å². The topological polar surface area (TPSA) is 117 Å². The van der Waals surface area contributed by atoms with E-state index in [0.717, 1.165) is 5.06 Å². The molecule has 2 fully saturated rings. The lowest BCUT2D eigenvalue weighted by atomic mass is 10.1. The van der Waals surface area contributed by atoms with E-state index in [1.807, 2.05) is 0 Å². The van der Waals surface area contributed by atoms with Crippen molar-refractivity contribution in [1.29, 1.82) is 0 Å². The molecule has 3 amide bonds. The third-order valence-electron chi connectivity index (χ3n) is 5.33. The molecule has 12 heteroatoms. The molecule has 176 valence electrons. The Morgan fingerprint density at radius 2 is 2.12 bits per heavy atom. The van der Waals surface area contributed by atoms with Gasteiger partial charge in [-0.1, -0.05) is 0 Å². The van der Waals surface area contributed by atoms with Crippen LogP contribution in [0.15, 0.2) is 35.1 Å². The molecular weight excluding hydrogens is 437 g/mol. The number of Topliss-reactive ketones (excluding diaryl/α,β-unsaturated/α-hetero) is 1. The quantitative estimate of drug-likeness (QED) is 0.698. The van der Waals surface area contributed by atoms with Gasteiger partial charge in [0.25, 0.3) is 0 Å². The van der Waals surface area contributed by atoms with E-state index in [1.54, 1.807) is 17.0 Å². The van der Waals surface area contributed by atoms with Crippen LogP contribution in [-0.4, -0.2) is 66.8 Å². The summed E-state index contributed by atoms with van der Waals surface area (Å²) < 4.78 is 25.3. The van der Waals surface area contributed by atoms with Gasteiger partial charge in [-0.3, -0.25) is 15.1 Å². The molecule has 3 heterocycles. The van der Waals surface area contributed by atoms with E-state index in [2.05, 4.69) is 10.3 Å². The van der Waals surface area contributed by atoms with Gasteiger partial charge in [0.05, 0.1) is 37.3 Å². The number of benzene rings is 1. The van der Waals surface area contributed by atoms with E-state index in [4.69, 9.17) is 14.0 Å². The van der Waals surface area contributed by atoms with Crippen molar-refractivity contribution in [2.45, 2.75) is 25.9 Å². The number of nitrogens with one attached hydrogen (secondary N) is 1. The summed E-state index contributed by atoms with van der Waals surface area (Å²) in [6.07, 6.45) is 2.53. The number of anilines is 3. The third-order valence-corrected chi connectivity index (χ3v) is 5.33. The molecule has 2 aliphatic rings. The van der Waals surface area contributed by atoms with Crippen molar-refractivity contribution in [2.24, 2.45) is 0 Å². The van der Waals surface area contributed by atoms with E-state index in [0.29, 0.717) is 37.3 Å². The molecule has 1 N–H and O–H groups in total. The first-order valence-electron chi connectivity index (χ1n) is 10.5. The number of urea groups is 1. The minimum Gasteiger partial charge on any atom is -0.444 e. The number of hydrogen-bond donors (Lipinski definition) is 1. The van der Waals surface area contributed by atoms with E-state index in [1.165, 1.54) is 30.4 Å². The summed E-state index contributed by atoms with van der Waals surface area (Å²) in [4.78, 5) is 48.1. The van der Waals surface area contributed by atoms with E-state index >= 15 is 0 Å². The highest BCUT2D eigenvalue weighted by Gasteiger charge is 2.33. The van der Waals surface area contributed by atoms with Gasteiger partial charge in [-0.25, -0.2) is 24.0 Å². The van der Waals surface area contributed by atoms with Gasteiger partial charge < -0.3 is 18.8 Å². The fraction of sp³-hybridized carbons (Fsp3) is 0.429. The Hall–Kier alpha value is -3.67. The summed E-state index contributed by atoms with van der Waals surface area (Å²) in [7, 11) is 0. The Bertz CT molecular complexity index is 1020. The second-order valence-corrected chi connectivity index (χ2v) is 7.68. The number of nitrogens with zero attached hydrogens (tertiary/aromatic N) is 4. The molecule has 1 aromatic heterocycles. The normalized spacial score (nSPS) is 18.8. The minimum absolute atomic E-state index is 0.0232. The zero-order chi connectivity index (χ0) is 23.4. The first-order valence-corrected chi connectivity index (χ1v) is 10.5. The van der Waals surface area contributed by atoms with Gasteiger partial charge in [-0.15, -0.1) is 0 Å². The Labute approximate surface area is 189 Å². The number of rotatable bonds is 6. The summed E-state index contributed by atoms with van der Waals surface area (Å²) in [5.74, 6) is -0.486. The number of cyclic esters (lactones) is 1. The zero-order valence-electron chi connectivity index (χ0n) is 18.0. The first-order chi connectivity index (χ1) is 15.9. The highest BCUT2D eigenvalue weighted by Crippen LogP contribution is 2.29. The van der Waals surface area contributed by atoms with Gasteiger partial charge in [-0.05, 0) is 31.5 Å². The number of carbonyl (C=O) groups excluding carboxylic acids is 3. The number of ketones is 1. The second-order valence-electron chi connectivity index (χ2n) is 7.68. The highest BCUT2D eigenvalue weighted by molar-refractivity contribution is 5.90. The third kappa shape index (κ3) is 5.40. The van der Waals surface area contributed by atoms with Gasteiger partial charge in [0.1, 0.15) is 24.0 Å². The molecule has 0 bridgehead atoms. The van der Waals surface area contributed by atoms with Gasteiger partial charge in [-0.2, -0.15) is 0 Å². The molecule has 1 aromatic carbocycles. The van der Waals surface area contributed by atoms with Crippen molar-refractivity contribution >= 4 is 35.3 Å². The first kappa shape index (κ1) is 22.5. The van der Waals surface area contributed by atoms with Crippen molar-refractivity contribution in [3.05, 3.63) is 36.5 Å².